The first-order valence-corrected chi connectivity index (χ1v) is 5.32. The Bertz CT molecular complexity index is 355. The average Bonchev–Trinajstić information content (AvgIpc) is 2.70. The Kier molecular flexibility index (Phi) is 2.52. The number of carboxylic acid groups (broad SMARTS) is 1. The van der Waals surface area contributed by atoms with E-state index in [1.807, 2.05) is 6.92 Å². The Morgan fingerprint density at radius 1 is 1.71 bits per heavy atom. The van der Waals surface area contributed by atoms with Crippen LogP contribution < -0.4 is 0 Å². The van der Waals surface area contributed by atoms with Crippen molar-refractivity contribution in [1.82, 2.24) is 4.98 Å². The third-order valence-electron chi connectivity index (χ3n) is 2.19. The molecule has 0 amide bonds. The van der Waals surface area contributed by atoms with E-state index >= 15 is 0 Å². The number of hydrogen-bond donors (Lipinski definition) is 1. The normalized spacial score (nSPS) is 21.4. The van der Waals surface area contributed by atoms with E-state index < -0.39 is 5.97 Å². The minimum absolute atomic E-state index is 0.106. The molecule has 2 heterocycles. The van der Waals surface area contributed by atoms with E-state index in [2.05, 4.69) is 4.98 Å². The lowest BCUT2D eigenvalue weighted by Gasteiger charge is -2.06. The third-order valence-corrected chi connectivity index (χ3v) is 3.16. The molecule has 14 heavy (non-hydrogen) atoms. The molecule has 1 N–H and O–H groups in total. The predicted molar refractivity (Wildman–Crippen MR) is 51.7 cm³/mol. The number of thiazole rings is 1. The molecule has 0 spiro atoms. The first-order valence-electron chi connectivity index (χ1n) is 4.50. The minimum atomic E-state index is -0.902. The summed E-state index contributed by atoms with van der Waals surface area (Å²) in [5.74, 6) is -0.902. The topological polar surface area (TPSA) is 59.4 Å². The van der Waals surface area contributed by atoms with Crippen LogP contribution in [-0.4, -0.2) is 22.7 Å². The summed E-state index contributed by atoms with van der Waals surface area (Å²) in [6.45, 7) is 2.52. The SMILES string of the molecule is Cc1nc(C2CCCO2)c(C(=O)O)s1. The van der Waals surface area contributed by atoms with E-state index in [-0.39, 0.29) is 6.10 Å². The molecule has 0 radical (unpaired) electrons. The van der Waals surface area contributed by atoms with E-state index in [1.54, 1.807) is 0 Å². The summed E-state index contributed by atoms with van der Waals surface area (Å²) in [6.07, 6.45) is 1.76. The zero-order valence-corrected chi connectivity index (χ0v) is 8.63. The number of carbonyl (C=O) groups is 1. The fourth-order valence-corrected chi connectivity index (χ4v) is 2.42. The molecule has 0 bridgehead atoms. The van der Waals surface area contributed by atoms with Crippen LogP contribution in [0.4, 0.5) is 0 Å². The smallest absolute Gasteiger partial charge is 0.347 e. The van der Waals surface area contributed by atoms with Crippen LogP contribution in [0.2, 0.25) is 0 Å². The van der Waals surface area contributed by atoms with Crippen molar-refractivity contribution in [3.63, 3.8) is 0 Å². The number of aromatic nitrogens is 1. The van der Waals surface area contributed by atoms with Crippen LogP contribution in [0, 0.1) is 6.92 Å². The summed E-state index contributed by atoms with van der Waals surface area (Å²) < 4.78 is 5.42. The van der Waals surface area contributed by atoms with Crippen molar-refractivity contribution < 1.29 is 14.6 Å². The van der Waals surface area contributed by atoms with E-state index in [0.29, 0.717) is 17.2 Å². The number of ether oxygens (including phenoxy) is 1. The molecule has 1 aromatic heterocycles. The molecule has 1 saturated heterocycles. The lowest BCUT2D eigenvalue weighted by molar-refractivity contribution is 0.0686. The Labute approximate surface area is 85.5 Å². The quantitative estimate of drug-likeness (QED) is 0.816. The average molecular weight is 213 g/mol. The van der Waals surface area contributed by atoms with Gasteiger partial charge in [-0.1, -0.05) is 0 Å². The molecule has 0 aliphatic carbocycles. The van der Waals surface area contributed by atoms with Crippen LogP contribution in [-0.2, 0) is 4.74 Å². The van der Waals surface area contributed by atoms with Gasteiger partial charge >= 0.3 is 5.97 Å². The van der Waals surface area contributed by atoms with Gasteiger partial charge in [-0.3, -0.25) is 0 Å². The molecule has 5 heteroatoms. The van der Waals surface area contributed by atoms with Gasteiger partial charge in [-0.25, -0.2) is 9.78 Å². The Morgan fingerprint density at radius 3 is 3.07 bits per heavy atom. The highest BCUT2D eigenvalue weighted by atomic mass is 32.1. The molecule has 1 fully saturated rings. The van der Waals surface area contributed by atoms with Crippen LogP contribution in [0.15, 0.2) is 0 Å². The molecule has 1 aliphatic heterocycles. The fraction of sp³-hybridized carbons (Fsp3) is 0.556. The van der Waals surface area contributed by atoms with Gasteiger partial charge in [-0.05, 0) is 19.8 Å². The van der Waals surface area contributed by atoms with Crippen LogP contribution >= 0.6 is 11.3 Å². The van der Waals surface area contributed by atoms with Crippen molar-refractivity contribution in [3.05, 3.63) is 15.6 Å². The van der Waals surface area contributed by atoms with E-state index in [1.165, 1.54) is 11.3 Å². The zero-order chi connectivity index (χ0) is 10.1. The first kappa shape index (κ1) is 9.61. The molecular formula is C9H11NO3S. The van der Waals surface area contributed by atoms with Crippen LogP contribution in [0.3, 0.4) is 0 Å². The van der Waals surface area contributed by atoms with E-state index in [4.69, 9.17) is 9.84 Å². The number of hydrogen-bond acceptors (Lipinski definition) is 4. The molecule has 1 unspecified atom stereocenters. The summed E-state index contributed by atoms with van der Waals surface area (Å²) in [5, 5.41) is 9.74. The molecular weight excluding hydrogens is 202 g/mol. The van der Waals surface area contributed by atoms with Crippen molar-refractivity contribution >= 4 is 17.3 Å². The fourth-order valence-electron chi connectivity index (χ4n) is 1.61. The first-order chi connectivity index (χ1) is 6.68. The summed E-state index contributed by atoms with van der Waals surface area (Å²) in [7, 11) is 0. The Morgan fingerprint density at radius 2 is 2.50 bits per heavy atom. The van der Waals surface area contributed by atoms with Gasteiger partial charge in [-0.15, -0.1) is 11.3 Å². The van der Waals surface area contributed by atoms with Crippen molar-refractivity contribution in [2.24, 2.45) is 0 Å². The second-order valence-corrected chi connectivity index (χ2v) is 4.46. The second-order valence-electron chi connectivity index (χ2n) is 3.25. The van der Waals surface area contributed by atoms with Gasteiger partial charge in [0.2, 0.25) is 0 Å². The number of aromatic carboxylic acids is 1. The van der Waals surface area contributed by atoms with Gasteiger partial charge in [0.25, 0.3) is 0 Å². The maximum atomic E-state index is 10.9. The highest BCUT2D eigenvalue weighted by Gasteiger charge is 2.26. The van der Waals surface area contributed by atoms with E-state index in [0.717, 1.165) is 17.8 Å². The number of carboxylic acids is 1. The molecule has 0 aromatic carbocycles. The number of nitrogens with zero attached hydrogens (tertiary/aromatic N) is 1. The molecule has 1 atom stereocenters. The highest BCUT2D eigenvalue weighted by Crippen LogP contribution is 2.32. The van der Waals surface area contributed by atoms with Gasteiger partial charge in [0, 0.05) is 6.61 Å². The standard InChI is InChI=1S/C9H11NO3S/c1-5-10-7(6-3-2-4-13-6)8(14-5)9(11)12/h6H,2-4H2,1H3,(H,11,12). The van der Waals surface area contributed by atoms with Crippen molar-refractivity contribution in [2.75, 3.05) is 6.61 Å². The second kappa shape index (κ2) is 3.67. The molecule has 2 rings (SSSR count). The highest BCUT2D eigenvalue weighted by molar-refractivity contribution is 7.13. The lowest BCUT2D eigenvalue weighted by atomic mass is 10.1. The maximum Gasteiger partial charge on any atom is 0.347 e. The van der Waals surface area contributed by atoms with Gasteiger partial charge in [0.05, 0.1) is 10.7 Å². The Hall–Kier alpha value is -0.940. The molecule has 76 valence electrons. The molecule has 4 nitrogen and oxygen atoms in total. The third kappa shape index (κ3) is 1.65. The number of rotatable bonds is 2. The van der Waals surface area contributed by atoms with Crippen molar-refractivity contribution in [3.8, 4) is 0 Å². The van der Waals surface area contributed by atoms with Gasteiger partial charge in [-0.2, -0.15) is 0 Å². The molecule has 1 aromatic rings. The summed E-state index contributed by atoms with van der Waals surface area (Å²) in [6, 6.07) is 0. The van der Waals surface area contributed by atoms with Gasteiger partial charge in [0.1, 0.15) is 11.0 Å². The largest absolute Gasteiger partial charge is 0.477 e. The van der Waals surface area contributed by atoms with Crippen molar-refractivity contribution in [2.45, 2.75) is 25.9 Å². The molecule has 1 aliphatic rings. The van der Waals surface area contributed by atoms with Crippen LogP contribution in [0.5, 0.6) is 0 Å². The lowest BCUT2D eigenvalue weighted by Crippen LogP contribution is -2.04. The van der Waals surface area contributed by atoms with E-state index in [9.17, 15) is 4.79 Å². The summed E-state index contributed by atoms with van der Waals surface area (Å²) >= 11 is 1.22. The van der Waals surface area contributed by atoms with Gasteiger partial charge < -0.3 is 9.84 Å². The zero-order valence-electron chi connectivity index (χ0n) is 7.82. The molecule has 0 saturated carbocycles. The number of aryl methyl sites for hydroxylation is 1. The summed E-state index contributed by atoms with van der Waals surface area (Å²) in [4.78, 5) is 15.5. The maximum absolute atomic E-state index is 10.9. The van der Waals surface area contributed by atoms with Crippen LogP contribution in [0.25, 0.3) is 0 Å². The summed E-state index contributed by atoms with van der Waals surface area (Å²) in [5.41, 5.74) is 0.609. The predicted octanol–water partition coefficient (Wildman–Crippen LogP) is 2.00. The minimum Gasteiger partial charge on any atom is -0.477 e. The van der Waals surface area contributed by atoms with Gasteiger partial charge in [0.15, 0.2) is 0 Å². The van der Waals surface area contributed by atoms with Crippen LogP contribution in [0.1, 0.15) is 39.3 Å². The van der Waals surface area contributed by atoms with Crippen molar-refractivity contribution in [1.29, 1.82) is 0 Å². The monoisotopic (exact) mass is 213 g/mol. The Balaban J connectivity index is 2.35.